The molecule has 0 radical (unpaired) electrons. The lowest BCUT2D eigenvalue weighted by molar-refractivity contribution is -0.137. The zero-order valence-corrected chi connectivity index (χ0v) is 8.64. The monoisotopic (exact) mass is 224 g/mol. The van der Waals surface area contributed by atoms with Gasteiger partial charge in [-0.15, -0.1) is 0 Å². The van der Waals surface area contributed by atoms with Gasteiger partial charge in [0.1, 0.15) is 6.29 Å². The van der Waals surface area contributed by atoms with Crippen LogP contribution in [0.1, 0.15) is 12.8 Å². The molecule has 6 heteroatoms. The molecular weight excluding hydrogens is 212 g/mol. The standard InChI is InChI=1S/C10H12N2O4/c13-7-1-5-11-8(14)4-6-12-9(15)2-3-10(12)16/h2-3,7H,1,4-6H2,(H,11,14). The second-order valence-corrected chi connectivity index (χ2v) is 3.22. The zero-order valence-electron chi connectivity index (χ0n) is 8.64. The van der Waals surface area contributed by atoms with Gasteiger partial charge in [0.2, 0.25) is 5.91 Å². The van der Waals surface area contributed by atoms with Crippen LogP contribution < -0.4 is 5.32 Å². The van der Waals surface area contributed by atoms with Gasteiger partial charge in [-0.05, 0) is 0 Å². The van der Waals surface area contributed by atoms with Crippen molar-refractivity contribution in [1.29, 1.82) is 0 Å². The van der Waals surface area contributed by atoms with Crippen molar-refractivity contribution in [2.75, 3.05) is 13.1 Å². The Morgan fingerprint density at radius 2 is 1.94 bits per heavy atom. The highest BCUT2D eigenvalue weighted by Gasteiger charge is 2.23. The van der Waals surface area contributed by atoms with E-state index in [2.05, 4.69) is 5.32 Å². The fourth-order valence-electron chi connectivity index (χ4n) is 1.22. The van der Waals surface area contributed by atoms with Crippen LogP contribution in [0, 0.1) is 0 Å². The molecule has 1 rings (SSSR count). The van der Waals surface area contributed by atoms with Crippen LogP contribution >= 0.6 is 0 Å². The first-order valence-electron chi connectivity index (χ1n) is 4.89. The van der Waals surface area contributed by atoms with Crippen LogP contribution in [0.4, 0.5) is 0 Å². The summed E-state index contributed by atoms with van der Waals surface area (Å²) in [6.45, 7) is 0.347. The fourth-order valence-corrected chi connectivity index (χ4v) is 1.22. The molecule has 1 aliphatic heterocycles. The molecule has 16 heavy (non-hydrogen) atoms. The minimum absolute atomic E-state index is 0.0536. The minimum atomic E-state index is -0.398. The van der Waals surface area contributed by atoms with Gasteiger partial charge in [-0.25, -0.2) is 0 Å². The summed E-state index contributed by atoms with van der Waals surface area (Å²) in [6, 6.07) is 0. The number of hydrogen-bond donors (Lipinski definition) is 1. The zero-order chi connectivity index (χ0) is 12.0. The molecule has 3 amide bonds. The molecule has 0 unspecified atom stereocenters. The summed E-state index contributed by atoms with van der Waals surface area (Å²) in [5, 5.41) is 2.50. The largest absolute Gasteiger partial charge is 0.356 e. The Labute approximate surface area is 92.3 Å². The molecule has 1 N–H and O–H groups in total. The number of rotatable bonds is 6. The molecule has 0 aromatic carbocycles. The van der Waals surface area contributed by atoms with E-state index in [0.717, 1.165) is 4.90 Å². The smallest absolute Gasteiger partial charge is 0.253 e. The van der Waals surface area contributed by atoms with Crippen molar-refractivity contribution in [3.8, 4) is 0 Å². The Hall–Kier alpha value is -1.98. The maximum atomic E-state index is 11.2. The number of imide groups is 1. The van der Waals surface area contributed by atoms with Crippen molar-refractivity contribution in [3.05, 3.63) is 12.2 Å². The molecule has 0 saturated carbocycles. The van der Waals surface area contributed by atoms with Gasteiger partial charge in [0.25, 0.3) is 11.8 Å². The van der Waals surface area contributed by atoms with Crippen molar-refractivity contribution in [1.82, 2.24) is 10.2 Å². The third-order valence-corrected chi connectivity index (χ3v) is 2.05. The van der Waals surface area contributed by atoms with Gasteiger partial charge in [0.15, 0.2) is 0 Å². The van der Waals surface area contributed by atoms with E-state index >= 15 is 0 Å². The van der Waals surface area contributed by atoms with Gasteiger partial charge in [-0.3, -0.25) is 19.3 Å². The first kappa shape index (κ1) is 12.1. The van der Waals surface area contributed by atoms with Gasteiger partial charge in [-0.1, -0.05) is 0 Å². The second kappa shape index (κ2) is 5.79. The third-order valence-electron chi connectivity index (χ3n) is 2.05. The number of nitrogens with one attached hydrogen (secondary N) is 1. The van der Waals surface area contributed by atoms with Crippen molar-refractivity contribution < 1.29 is 19.2 Å². The van der Waals surface area contributed by atoms with E-state index in [-0.39, 0.29) is 31.8 Å². The number of carbonyl (C=O) groups excluding carboxylic acids is 4. The number of carbonyl (C=O) groups is 4. The molecule has 0 atom stereocenters. The van der Waals surface area contributed by atoms with E-state index in [4.69, 9.17) is 0 Å². The van der Waals surface area contributed by atoms with Gasteiger partial charge < -0.3 is 10.1 Å². The number of amides is 3. The van der Waals surface area contributed by atoms with E-state index in [0.29, 0.717) is 6.29 Å². The number of aldehydes is 1. The highest BCUT2D eigenvalue weighted by atomic mass is 16.2. The molecule has 0 aromatic rings. The highest BCUT2D eigenvalue weighted by molar-refractivity contribution is 6.13. The van der Waals surface area contributed by atoms with Crippen molar-refractivity contribution >= 4 is 24.0 Å². The molecule has 0 bridgehead atoms. The quantitative estimate of drug-likeness (QED) is 0.356. The minimum Gasteiger partial charge on any atom is -0.356 e. The molecule has 6 nitrogen and oxygen atoms in total. The maximum Gasteiger partial charge on any atom is 0.253 e. The molecule has 86 valence electrons. The van der Waals surface area contributed by atoms with E-state index in [1.807, 2.05) is 0 Å². The second-order valence-electron chi connectivity index (χ2n) is 3.22. The summed E-state index contributed by atoms with van der Waals surface area (Å²) in [5.41, 5.74) is 0. The van der Waals surface area contributed by atoms with Crippen LogP contribution in [0.25, 0.3) is 0 Å². The molecule has 0 fully saturated rings. The van der Waals surface area contributed by atoms with Crippen LogP contribution in [-0.2, 0) is 19.2 Å². The Kier molecular flexibility index (Phi) is 4.38. The third kappa shape index (κ3) is 3.30. The first-order chi connectivity index (χ1) is 7.65. The molecule has 0 saturated heterocycles. The lowest BCUT2D eigenvalue weighted by atomic mass is 10.3. The lowest BCUT2D eigenvalue weighted by Gasteiger charge is -2.12. The highest BCUT2D eigenvalue weighted by Crippen LogP contribution is 2.03. The average molecular weight is 224 g/mol. The van der Waals surface area contributed by atoms with Crippen molar-refractivity contribution in [2.45, 2.75) is 12.8 Å². The SMILES string of the molecule is O=CCCNC(=O)CCN1C(=O)C=CC1=O. The van der Waals surface area contributed by atoms with Gasteiger partial charge >= 0.3 is 0 Å². The Balaban J connectivity index is 2.24. The molecular formula is C10H12N2O4. The Morgan fingerprint density at radius 3 is 2.50 bits per heavy atom. The first-order valence-corrected chi connectivity index (χ1v) is 4.89. The van der Waals surface area contributed by atoms with Crippen molar-refractivity contribution in [3.63, 3.8) is 0 Å². The van der Waals surface area contributed by atoms with Gasteiger partial charge in [0.05, 0.1) is 0 Å². The predicted molar refractivity (Wildman–Crippen MR) is 54.2 cm³/mol. The van der Waals surface area contributed by atoms with Crippen molar-refractivity contribution in [2.24, 2.45) is 0 Å². The van der Waals surface area contributed by atoms with E-state index in [9.17, 15) is 19.2 Å². The maximum absolute atomic E-state index is 11.2. The van der Waals surface area contributed by atoms with Crippen LogP contribution in [0.15, 0.2) is 12.2 Å². The Bertz CT molecular complexity index is 331. The summed E-state index contributed by atoms with van der Waals surface area (Å²) >= 11 is 0. The molecule has 0 spiro atoms. The Morgan fingerprint density at radius 1 is 1.31 bits per heavy atom. The molecule has 1 aliphatic rings. The summed E-state index contributed by atoms with van der Waals surface area (Å²) in [5.74, 6) is -1.08. The van der Waals surface area contributed by atoms with Crippen LogP contribution in [-0.4, -0.2) is 42.0 Å². The number of hydrogen-bond acceptors (Lipinski definition) is 4. The van der Waals surface area contributed by atoms with Gasteiger partial charge in [-0.2, -0.15) is 0 Å². The van der Waals surface area contributed by atoms with Crippen LogP contribution in [0.2, 0.25) is 0 Å². The van der Waals surface area contributed by atoms with Gasteiger partial charge in [0, 0.05) is 38.1 Å². The fraction of sp³-hybridized carbons (Fsp3) is 0.400. The predicted octanol–water partition coefficient (Wildman–Crippen LogP) is -0.993. The normalized spacial score (nSPS) is 14.4. The molecule has 0 aromatic heterocycles. The summed E-state index contributed by atoms with van der Waals surface area (Å²) in [7, 11) is 0. The molecule has 0 aliphatic carbocycles. The van der Waals surface area contributed by atoms with E-state index < -0.39 is 11.8 Å². The van der Waals surface area contributed by atoms with Crippen LogP contribution in [0.5, 0.6) is 0 Å². The average Bonchev–Trinajstić information content (AvgIpc) is 2.57. The topological polar surface area (TPSA) is 83.6 Å². The lowest BCUT2D eigenvalue weighted by Crippen LogP contribution is -2.35. The summed E-state index contributed by atoms with van der Waals surface area (Å²) < 4.78 is 0. The van der Waals surface area contributed by atoms with Crippen LogP contribution in [0.3, 0.4) is 0 Å². The van der Waals surface area contributed by atoms with E-state index in [1.165, 1.54) is 12.2 Å². The summed E-state index contributed by atoms with van der Waals surface area (Å²) in [4.78, 5) is 44.4. The number of nitrogens with zero attached hydrogens (tertiary/aromatic N) is 1. The van der Waals surface area contributed by atoms with E-state index in [1.54, 1.807) is 0 Å². The molecule has 1 heterocycles. The summed E-state index contributed by atoms with van der Waals surface area (Å²) in [6.07, 6.45) is 3.36.